The minimum atomic E-state index is -0.0743. The summed E-state index contributed by atoms with van der Waals surface area (Å²) < 4.78 is 5.42. The van der Waals surface area contributed by atoms with Gasteiger partial charge in [0, 0.05) is 12.6 Å². The number of benzene rings is 1. The topological polar surface area (TPSA) is 50.4 Å². The Labute approximate surface area is 115 Å². The summed E-state index contributed by atoms with van der Waals surface area (Å²) in [5.41, 5.74) is 1.25. The van der Waals surface area contributed by atoms with Crippen molar-refractivity contribution in [2.75, 3.05) is 20.2 Å². The lowest BCUT2D eigenvalue weighted by atomic mass is 10.1. The molecule has 1 rings (SSSR count). The number of amides is 1. The Hall–Kier alpha value is -1.55. The van der Waals surface area contributed by atoms with Crippen molar-refractivity contribution in [1.29, 1.82) is 0 Å². The quantitative estimate of drug-likeness (QED) is 0.752. The van der Waals surface area contributed by atoms with Crippen LogP contribution in [-0.2, 0) is 11.2 Å². The molecule has 0 aliphatic rings. The van der Waals surface area contributed by atoms with Gasteiger partial charge in [-0.3, -0.25) is 4.79 Å². The van der Waals surface area contributed by atoms with Gasteiger partial charge < -0.3 is 15.4 Å². The smallest absolute Gasteiger partial charge is 0.257 e. The lowest BCUT2D eigenvalue weighted by Gasteiger charge is -2.11. The molecule has 0 aromatic heterocycles. The van der Waals surface area contributed by atoms with E-state index in [0.717, 1.165) is 18.6 Å². The Bertz CT molecular complexity index is 376. The Balaban J connectivity index is 2.37. The van der Waals surface area contributed by atoms with Crippen molar-refractivity contribution in [2.45, 2.75) is 32.7 Å². The molecule has 1 aromatic rings. The minimum absolute atomic E-state index is 0.0743. The van der Waals surface area contributed by atoms with Gasteiger partial charge in [0.1, 0.15) is 5.75 Å². The van der Waals surface area contributed by atoms with Gasteiger partial charge in [-0.1, -0.05) is 19.1 Å². The van der Waals surface area contributed by atoms with Gasteiger partial charge in [-0.25, -0.2) is 0 Å². The van der Waals surface area contributed by atoms with Gasteiger partial charge in [0.2, 0.25) is 0 Å². The van der Waals surface area contributed by atoms with Crippen LogP contribution in [0.1, 0.15) is 25.8 Å². The Morgan fingerprint density at radius 3 is 2.58 bits per heavy atom. The minimum Gasteiger partial charge on any atom is -0.484 e. The fourth-order valence-corrected chi connectivity index (χ4v) is 1.64. The number of carbonyl (C=O) groups excluding carboxylic acids is 1. The number of ether oxygens (including phenoxy) is 1. The number of rotatable bonds is 8. The van der Waals surface area contributed by atoms with Gasteiger partial charge in [0.25, 0.3) is 5.91 Å². The molecule has 0 aliphatic carbocycles. The molecular formula is C15H24N2O2. The Kier molecular flexibility index (Phi) is 6.97. The largest absolute Gasteiger partial charge is 0.484 e. The van der Waals surface area contributed by atoms with Crippen LogP contribution in [-0.4, -0.2) is 32.1 Å². The van der Waals surface area contributed by atoms with E-state index in [0.29, 0.717) is 12.6 Å². The average Bonchev–Trinajstić information content (AvgIpc) is 2.44. The highest BCUT2D eigenvalue weighted by Crippen LogP contribution is 2.13. The highest BCUT2D eigenvalue weighted by molar-refractivity contribution is 5.77. The molecule has 19 heavy (non-hydrogen) atoms. The second kappa shape index (κ2) is 8.53. The van der Waals surface area contributed by atoms with Crippen molar-refractivity contribution in [2.24, 2.45) is 0 Å². The predicted molar refractivity (Wildman–Crippen MR) is 77.5 cm³/mol. The van der Waals surface area contributed by atoms with Crippen LogP contribution < -0.4 is 15.4 Å². The number of likely N-dealkylation sites (N-methyl/N-ethyl adjacent to an activating group) is 1. The highest BCUT2D eigenvalue weighted by Gasteiger charge is 2.03. The van der Waals surface area contributed by atoms with Crippen LogP contribution in [0.4, 0.5) is 0 Å². The predicted octanol–water partition coefficient (Wildman–Crippen LogP) is 1.74. The first-order valence-electron chi connectivity index (χ1n) is 6.81. The van der Waals surface area contributed by atoms with E-state index in [9.17, 15) is 4.79 Å². The third kappa shape index (κ3) is 6.25. The van der Waals surface area contributed by atoms with E-state index < -0.39 is 0 Å². The van der Waals surface area contributed by atoms with E-state index >= 15 is 0 Å². The molecule has 0 fully saturated rings. The molecule has 0 saturated carbocycles. The van der Waals surface area contributed by atoms with Gasteiger partial charge >= 0.3 is 0 Å². The molecule has 1 amide bonds. The standard InChI is InChI=1S/C15H24N2O2/c1-4-9-17-15(18)11-19-14-7-5-13(6-8-14)10-12(2)16-3/h5-8,12,16H,4,9-11H2,1-3H3,(H,17,18). The van der Waals surface area contributed by atoms with Crippen molar-refractivity contribution in [3.05, 3.63) is 29.8 Å². The summed E-state index contributed by atoms with van der Waals surface area (Å²) in [6, 6.07) is 8.34. The lowest BCUT2D eigenvalue weighted by Crippen LogP contribution is -2.29. The van der Waals surface area contributed by atoms with Crippen LogP contribution in [0.2, 0.25) is 0 Å². The molecule has 2 N–H and O–H groups in total. The third-order valence-electron chi connectivity index (χ3n) is 2.90. The number of nitrogens with one attached hydrogen (secondary N) is 2. The lowest BCUT2D eigenvalue weighted by molar-refractivity contribution is -0.123. The summed E-state index contributed by atoms with van der Waals surface area (Å²) in [5.74, 6) is 0.655. The zero-order valence-corrected chi connectivity index (χ0v) is 12.0. The normalized spacial score (nSPS) is 11.9. The number of hydrogen-bond donors (Lipinski definition) is 2. The molecule has 0 heterocycles. The number of hydrogen-bond acceptors (Lipinski definition) is 3. The maximum absolute atomic E-state index is 11.4. The van der Waals surface area contributed by atoms with Crippen LogP contribution in [0.5, 0.6) is 5.75 Å². The molecule has 1 atom stereocenters. The van der Waals surface area contributed by atoms with E-state index in [4.69, 9.17) is 4.74 Å². The molecule has 106 valence electrons. The summed E-state index contributed by atoms with van der Waals surface area (Å²) in [6.07, 6.45) is 1.91. The molecule has 1 aromatic carbocycles. The summed E-state index contributed by atoms with van der Waals surface area (Å²) in [6.45, 7) is 4.93. The van der Waals surface area contributed by atoms with Gasteiger partial charge in [-0.2, -0.15) is 0 Å². The SMILES string of the molecule is CCCNC(=O)COc1ccc(CC(C)NC)cc1. The van der Waals surface area contributed by atoms with Gasteiger partial charge in [0.15, 0.2) is 6.61 Å². The van der Waals surface area contributed by atoms with Gasteiger partial charge in [-0.05, 0) is 44.5 Å². The summed E-state index contributed by atoms with van der Waals surface area (Å²) in [5, 5.41) is 5.98. The molecule has 0 aliphatic heterocycles. The molecule has 4 heteroatoms. The molecule has 0 radical (unpaired) electrons. The second-order valence-electron chi connectivity index (χ2n) is 4.68. The molecule has 0 saturated heterocycles. The van der Waals surface area contributed by atoms with E-state index in [1.165, 1.54) is 5.56 Å². The average molecular weight is 264 g/mol. The van der Waals surface area contributed by atoms with Crippen molar-refractivity contribution < 1.29 is 9.53 Å². The van der Waals surface area contributed by atoms with E-state index in [1.54, 1.807) is 0 Å². The monoisotopic (exact) mass is 264 g/mol. The van der Waals surface area contributed by atoms with Crippen molar-refractivity contribution in [1.82, 2.24) is 10.6 Å². The van der Waals surface area contributed by atoms with Crippen LogP contribution in [0.25, 0.3) is 0 Å². The molecule has 1 unspecified atom stereocenters. The molecule has 0 bridgehead atoms. The van der Waals surface area contributed by atoms with E-state index in [1.807, 2.05) is 38.2 Å². The van der Waals surface area contributed by atoms with Crippen molar-refractivity contribution in [3.63, 3.8) is 0 Å². The number of carbonyl (C=O) groups is 1. The van der Waals surface area contributed by atoms with Crippen LogP contribution in [0, 0.1) is 0 Å². The summed E-state index contributed by atoms with van der Waals surface area (Å²) in [4.78, 5) is 11.4. The fraction of sp³-hybridized carbons (Fsp3) is 0.533. The first-order chi connectivity index (χ1) is 9.15. The van der Waals surface area contributed by atoms with Crippen molar-refractivity contribution >= 4 is 5.91 Å². The molecule has 0 spiro atoms. The second-order valence-corrected chi connectivity index (χ2v) is 4.68. The fourth-order valence-electron chi connectivity index (χ4n) is 1.64. The highest BCUT2D eigenvalue weighted by atomic mass is 16.5. The maximum atomic E-state index is 11.4. The molecule has 4 nitrogen and oxygen atoms in total. The third-order valence-corrected chi connectivity index (χ3v) is 2.90. The zero-order chi connectivity index (χ0) is 14.1. The van der Waals surface area contributed by atoms with Crippen LogP contribution >= 0.6 is 0 Å². The van der Waals surface area contributed by atoms with Crippen LogP contribution in [0.15, 0.2) is 24.3 Å². The van der Waals surface area contributed by atoms with E-state index in [-0.39, 0.29) is 12.5 Å². The van der Waals surface area contributed by atoms with Gasteiger partial charge in [0.05, 0.1) is 0 Å². The first kappa shape index (κ1) is 15.5. The summed E-state index contributed by atoms with van der Waals surface area (Å²) >= 11 is 0. The first-order valence-corrected chi connectivity index (χ1v) is 6.81. The van der Waals surface area contributed by atoms with Gasteiger partial charge in [-0.15, -0.1) is 0 Å². The summed E-state index contributed by atoms with van der Waals surface area (Å²) in [7, 11) is 1.96. The Morgan fingerprint density at radius 1 is 1.32 bits per heavy atom. The zero-order valence-electron chi connectivity index (χ0n) is 12.0. The Morgan fingerprint density at radius 2 is 2.00 bits per heavy atom. The van der Waals surface area contributed by atoms with Crippen molar-refractivity contribution in [3.8, 4) is 5.75 Å². The molecular weight excluding hydrogens is 240 g/mol. The van der Waals surface area contributed by atoms with Crippen LogP contribution in [0.3, 0.4) is 0 Å². The van der Waals surface area contributed by atoms with E-state index in [2.05, 4.69) is 17.6 Å². The maximum Gasteiger partial charge on any atom is 0.257 e.